The standard InChI is InChI=1S/C20H22N4O4S/c1-12-3-7-14(8-4-12)21-18-22-15(11-29-18)10-28-16(25)9-24-17(26)20(2,13-5-6-13)23-19(24)27/h3-4,7-8,11,13H,5-6,9-10H2,1-2H3,(H,21,22)(H,23,27)/t20-/m1/s1. The third-order valence-corrected chi connectivity index (χ3v) is 6.02. The van der Waals surface area contributed by atoms with Crippen LogP contribution in [0, 0.1) is 12.8 Å². The molecule has 0 spiro atoms. The van der Waals surface area contributed by atoms with Gasteiger partial charge >= 0.3 is 12.0 Å². The van der Waals surface area contributed by atoms with Crippen LogP contribution in [0.15, 0.2) is 29.6 Å². The summed E-state index contributed by atoms with van der Waals surface area (Å²) in [5, 5.41) is 8.39. The molecule has 1 saturated carbocycles. The number of ether oxygens (including phenoxy) is 1. The van der Waals surface area contributed by atoms with Crippen molar-refractivity contribution >= 4 is 40.1 Å². The molecule has 1 saturated heterocycles. The summed E-state index contributed by atoms with van der Waals surface area (Å²) in [5.74, 6) is -0.857. The number of aromatic nitrogens is 1. The van der Waals surface area contributed by atoms with Crippen LogP contribution in [0.3, 0.4) is 0 Å². The maximum absolute atomic E-state index is 12.5. The van der Waals surface area contributed by atoms with Gasteiger partial charge in [0.15, 0.2) is 5.13 Å². The average molecular weight is 414 g/mol. The molecule has 3 amide bonds. The van der Waals surface area contributed by atoms with Crippen LogP contribution in [0.4, 0.5) is 15.6 Å². The molecule has 1 aliphatic carbocycles. The molecular weight excluding hydrogens is 392 g/mol. The van der Waals surface area contributed by atoms with Crippen molar-refractivity contribution in [1.82, 2.24) is 15.2 Å². The fourth-order valence-electron chi connectivity index (χ4n) is 3.32. The minimum Gasteiger partial charge on any atom is -0.458 e. The molecule has 2 fully saturated rings. The quantitative estimate of drug-likeness (QED) is 0.534. The second-order valence-electron chi connectivity index (χ2n) is 7.59. The lowest BCUT2D eigenvalue weighted by Crippen LogP contribution is -2.46. The van der Waals surface area contributed by atoms with Crippen LogP contribution in [0.25, 0.3) is 0 Å². The molecule has 29 heavy (non-hydrogen) atoms. The van der Waals surface area contributed by atoms with E-state index >= 15 is 0 Å². The van der Waals surface area contributed by atoms with Crippen molar-refractivity contribution in [2.45, 2.75) is 38.8 Å². The van der Waals surface area contributed by atoms with E-state index in [1.807, 2.05) is 31.2 Å². The SMILES string of the molecule is Cc1ccc(Nc2nc(COC(=O)CN3C(=O)N[C@](C)(C4CC4)C3=O)cs2)cc1. The fourth-order valence-corrected chi connectivity index (χ4v) is 4.03. The predicted molar refractivity (Wildman–Crippen MR) is 108 cm³/mol. The molecule has 0 radical (unpaired) electrons. The number of hydrogen-bond donors (Lipinski definition) is 2. The molecule has 0 bridgehead atoms. The highest BCUT2D eigenvalue weighted by atomic mass is 32.1. The number of thiazole rings is 1. The zero-order valence-corrected chi connectivity index (χ0v) is 17.0. The molecule has 4 rings (SSSR count). The minimum absolute atomic E-state index is 0.0194. The van der Waals surface area contributed by atoms with Gasteiger partial charge in [-0.25, -0.2) is 9.78 Å². The molecule has 2 aliphatic rings. The lowest BCUT2D eigenvalue weighted by atomic mass is 9.96. The monoisotopic (exact) mass is 414 g/mol. The number of urea groups is 1. The number of nitrogens with one attached hydrogen (secondary N) is 2. The number of hydrogen-bond acceptors (Lipinski definition) is 7. The Labute approximate surface area is 172 Å². The average Bonchev–Trinajstić information content (AvgIpc) is 3.42. The van der Waals surface area contributed by atoms with Gasteiger partial charge in [-0.2, -0.15) is 0 Å². The summed E-state index contributed by atoms with van der Waals surface area (Å²) < 4.78 is 5.21. The van der Waals surface area contributed by atoms with E-state index in [1.54, 1.807) is 12.3 Å². The van der Waals surface area contributed by atoms with E-state index in [4.69, 9.17) is 4.74 Å². The summed E-state index contributed by atoms with van der Waals surface area (Å²) in [5.41, 5.74) is 1.79. The first kappa shape index (κ1) is 19.4. The third-order valence-electron chi connectivity index (χ3n) is 5.22. The van der Waals surface area contributed by atoms with Crippen molar-refractivity contribution in [3.05, 3.63) is 40.9 Å². The summed E-state index contributed by atoms with van der Waals surface area (Å²) in [4.78, 5) is 42.1. The highest BCUT2D eigenvalue weighted by Gasteiger charge is 2.56. The van der Waals surface area contributed by atoms with Crippen LogP contribution < -0.4 is 10.6 Å². The number of carbonyl (C=O) groups excluding carboxylic acids is 3. The summed E-state index contributed by atoms with van der Waals surface area (Å²) in [6, 6.07) is 7.39. The van der Waals surface area contributed by atoms with Crippen LogP contribution in [0.5, 0.6) is 0 Å². The largest absolute Gasteiger partial charge is 0.458 e. The molecule has 1 aromatic heterocycles. The Morgan fingerprint density at radius 1 is 1.34 bits per heavy atom. The number of nitrogens with zero attached hydrogens (tertiary/aromatic N) is 2. The second kappa shape index (κ2) is 7.47. The molecule has 2 aromatic rings. The fraction of sp³-hybridized carbons (Fsp3) is 0.400. The first-order valence-corrected chi connectivity index (χ1v) is 10.3. The molecule has 1 atom stereocenters. The van der Waals surface area contributed by atoms with Crippen molar-refractivity contribution in [1.29, 1.82) is 0 Å². The Hall–Kier alpha value is -2.94. The topological polar surface area (TPSA) is 101 Å². The van der Waals surface area contributed by atoms with E-state index < -0.39 is 24.1 Å². The summed E-state index contributed by atoms with van der Waals surface area (Å²) in [6.45, 7) is 3.32. The molecule has 2 heterocycles. The number of imide groups is 1. The molecule has 1 aromatic carbocycles. The van der Waals surface area contributed by atoms with Crippen LogP contribution >= 0.6 is 11.3 Å². The first-order chi connectivity index (χ1) is 13.8. The second-order valence-corrected chi connectivity index (χ2v) is 8.45. The molecule has 9 heteroatoms. The number of carbonyl (C=O) groups is 3. The van der Waals surface area contributed by atoms with Crippen molar-refractivity contribution in [3.8, 4) is 0 Å². The van der Waals surface area contributed by atoms with Gasteiger partial charge in [0.1, 0.15) is 18.7 Å². The van der Waals surface area contributed by atoms with Gasteiger partial charge in [0.05, 0.1) is 5.69 Å². The van der Waals surface area contributed by atoms with Crippen LogP contribution in [0.1, 0.15) is 31.0 Å². The summed E-state index contributed by atoms with van der Waals surface area (Å²) in [7, 11) is 0. The number of benzene rings is 1. The zero-order chi connectivity index (χ0) is 20.6. The molecule has 152 valence electrons. The van der Waals surface area contributed by atoms with E-state index in [2.05, 4.69) is 15.6 Å². The normalized spacial score (nSPS) is 21.2. The number of anilines is 2. The smallest absolute Gasteiger partial charge is 0.326 e. The molecule has 8 nitrogen and oxygen atoms in total. The van der Waals surface area contributed by atoms with Crippen molar-refractivity contribution in [2.75, 3.05) is 11.9 Å². The van der Waals surface area contributed by atoms with Crippen molar-refractivity contribution in [3.63, 3.8) is 0 Å². The van der Waals surface area contributed by atoms with Gasteiger partial charge in [0.2, 0.25) is 0 Å². The summed E-state index contributed by atoms with van der Waals surface area (Å²) >= 11 is 1.40. The maximum Gasteiger partial charge on any atom is 0.326 e. The molecule has 1 aliphatic heterocycles. The zero-order valence-electron chi connectivity index (χ0n) is 16.2. The predicted octanol–water partition coefficient (Wildman–Crippen LogP) is 2.96. The van der Waals surface area contributed by atoms with Gasteiger partial charge in [0.25, 0.3) is 5.91 Å². The van der Waals surface area contributed by atoms with Crippen molar-refractivity contribution in [2.24, 2.45) is 5.92 Å². The van der Waals surface area contributed by atoms with E-state index in [9.17, 15) is 14.4 Å². The Bertz CT molecular complexity index is 954. The van der Waals surface area contributed by atoms with E-state index in [0.29, 0.717) is 10.8 Å². The Balaban J connectivity index is 1.29. The number of aryl methyl sites for hydroxylation is 1. The third kappa shape index (κ3) is 4.09. The lowest BCUT2D eigenvalue weighted by molar-refractivity contribution is -0.149. The molecule has 2 N–H and O–H groups in total. The minimum atomic E-state index is -0.900. The summed E-state index contributed by atoms with van der Waals surface area (Å²) in [6.07, 6.45) is 1.81. The highest BCUT2D eigenvalue weighted by molar-refractivity contribution is 7.13. The molecule has 0 unspecified atom stereocenters. The maximum atomic E-state index is 12.5. The van der Waals surface area contributed by atoms with Crippen LogP contribution in [-0.4, -0.2) is 39.9 Å². The van der Waals surface area contributed by atoms with Crippen molar-refractivity contribution < 1.29 is 19.1 Å². The first-order valence-electron chi connectivity index (χ1n) is 9.43. The number of rotatable bonds is 7. The van der Waals surface area contributed by atoms with E-state index in [1.165, 1.54) is 16.9 Å². The highest BCUT2D eigenvalue weighted by Crippen LogP contribution is 2.42. The van der Waals surface area contributed by atoms with Gasteiger partial charge in [-0.1, -0.05) is 17.7 Å². The lowest BCUT2D eigenvalue weighted by Gasteiger charge is -2.20. The Morgan fingerprint density at radius 2 is 2.07 bits per heavy atom. The van der Waals surface area contributed by atoms with Crippen LogP contribution in [0.2, 0.25) is 0 Å². The van der Waals surface area contributed by atoms with Gasteiger partial charge in [-0.3, -0.25) is 14.5 Å². The molecular formula is C20H22N4O4S. The van der Waals surface area contributed by atoms with Gasteiger partial charge in [-0.15, -0.1) is 11.3 Å². The van der Waals surface area contributed by atoms with Gasteiger partial charge < -0.3 is 15.4 Å². The Kier molecular flexibility index (Phi) is 4.99. The van der Waals surface area contributed by atoms with E-state index in [-0.39, 0.29) is 18.4 Å². The van der Waals surface area contributed by atoms with Crippen LogP contribution in [-0.2, 0) is 20.9 Å². The van der Waals surface area contributed by atoms with Gasteiger partial charge in [0, 0.05) is 11.1 Å². The Morgan fingerprint density at radius 3 is 2.76 bits per heavy atom. The number of amides is 3. The van der Waals surface area contributed by atoms with E-state index in [0.717, 1.165) is 23.4 Å². The van der Waals surface area contributed by atoms with Gasteiger partial charge in [-0.05, 0) is 44.7 Å². The number of esters is 1.